The SMILES string of the molecule is O=Cc1cc(/C=C/c2cc(/C=C/c3ccc(N(c4ccccc4)c4ccccc4)cc3)cc(/C=C/c3ccc(N(c4ccccc4)c4ccccc4)cc3)c2)cc(/C=C/c2cc(/C=C/c3ccc(N(c4ccccc4)c4ccccc4)cc3)cc(/C=C/c3ccc(N(c4ccccc4)c4ccccc4)cc3)c2)c1. The molecule has 0 aliphatic heterocycles. The average molecular weight is 1390 g/mol. The molecule has 15 aromatic rings. The Kier molecular flexibility index (Phi) is 22.0. The van der Waals surface area contributed by atoms with Crippen molar-refractivity contribution in [2.45, 2.75) is 0 Å². The van der Waals surface area contributed by atoms with Crippen LogP contribution in [-0.2, 0) is 0 Å². The van der Waals surface area contributed by atoms with E-state index in [1.165, 1.54) is 0 Å². The third kappa shape index (κ3) is 17.8. The van der Waals surface area contributed by atoms with Gasteiger partial charge in [-0.3, -0.25) is 4.79 Å². The van der Waals surface area contributed by atoms with Crippen LogP contribution in [-0.4, -0.2) is 6.29 Å². The lowest BCUT2D eigenvalue weighted by atomic mass is 10.00. The van der Waals surface area contributed by atoms with Gasteiger partial charge in [0.15, 0.2) is 0 Å². The minimum Gasteiger partial charge on any atom is -0.311 e. The van der Waals surface area contributed by atoms with Crippen LogP contribution >= 0.6 is 0 Å². The second-order valence-electron chi connectivity index (χ2n) is 26.3. The zero-order valence-electron chi connectivity index (χ0n) is 59.7. The monoisotopic (exact) mass is 1390 g/mol. The summed E-state index contributed by atoms with van der Waals surface area (Å²) in [6, 6.07) is 138. The number of hydrogen-bond acceptors (Lipinski definition) is 5. The number of para-hydroxylation sites is 8. The van der Waals surface area contributed by atoms with Crippen molar-refractivity contribution in [1.82, 2.24) is 0 Å². The first-order valence-electron chi connectivity index (χ1n) is 36.4. The summed E-state index contributed by atoms with van der Waals surface area (Å²) in [5.41, 5.74) is 25.9. The fourth-order valence-electron chi connectivity index (χ4n) is 13.4. The number of nitrogens with zero attached hydrogens (tertiary/aromatic N) is 4. The summed E-state index contributed by atoms with van der Waals surface area (Å²) in [6.07, 6.45) is 26.8. The number of benzene rings is 15. The molecule has 15 rings (SSSR count). The molecule has 0 atom stereocenters. The number of rotatable bonds is 25. The second-order valence-corrected chi connectivity index (χ2v) is 26.3. The second kappa shape index (κ2) is 34.3. The average Bonchev–Trinajstić information content (AvgIpc) is 0.827. The standard InChI is InChI=1S/C103H78N4O/c108-78-91-76-89(51-49-87-71-83(45-41-79-53-61-100(62-54-79)104(92-25-9-1-10-26-92)93-27-11-2-12-28-93)69-84(72-87)46-42-80-55-63-101(64-56-80)105(94-29-13-3-14-30-94)95-31-15-4-16-32-95)75-90(77-91)52-50-88-73-85(47-43-81-57-65-102(66-58-81)106(96-33-17-5-18-34-96)97-35-19-6-20-36-97)70-86(74-88)48-44-82-59-67-103(68-60-82)107(98-37-21-7-22-38-98)99-39-23-8-24-40-99/h1-78H/b45-41+,46-42+,47-43+,48-44+,51-49+,52-50+. The number of anilines is 12. The molecule has 0 radical (unpaired) electrons. The van der Waals surface area contributed by atoms with E-state index in [9.17, 15) is 4.79 Å². The molecule has 5 nitrogen and oxygen atoms in total. The van der Waals surface area contributed by atoms with Gasteiger partial charge in [-0.05, 0) is 267 Å². The van der Waals surface area contributed by atoms with Crippen LogP contribution in [0, 0.1) is 0 Å². The van der Waals surface area contributed by atoms with Crippen LogP contribution < -0.4 is 19.6 Å². The quantitative estimate of drug-likeness (QED) is 0.0420. The molecule has 0 bridgehead atoms. The van der Waals surface area contributed by atoms with Gasteiger partial charge in [-0.25, -0.2) is 0 Å². The molecule has 0 saturated heterocycles. The highest BCUT2D eigenvalue weighted by Crippen LogP contribution is 2.39. The molecule has 0 fully saturated rings. The van der Waals surface area contributed by atoms with E-state index < -0.39 is 0 Å². The Balaban J connectivity index is 0.728. The Bertz CT molecular complexity index is 4810. The van der Waals surface area contributed by atoms with E-state index in [1.807, 2.05) is 60.7 Å². The van der Waals surface area contributed by atoms with Crippen LogP contribution in [0.4, 0.5) is 68.2 Å². The van der Waals surface area contributed by atoms with Gasteiger partial charge in [0.2, 0.25) is 0 Å². The zero-order valence-corrected chi connectivity index (χ0v) is 59.7. The van der Waals surface area contributed by atoms with Gasteiger partial charge in [0.1, 0.15) is 6.29 Å². The molecule has 0 unspecified atom stereocenters. The van der Waals surface area contributed by atoms with Crippen molar-refractivity contribution in [2.24, 2.45) is 0 Å². The van der Waals surface area contributed by atoms with Crippen LogP contribution in [0.25, 0.3) is 72.9 Å². The van der Waals surface area contributed by atoms with E-state index in [2.05, 4.69) is 426 Å². The third-order valence-corrected chi connectivity index (χ3v) is 18.7. The van der Waals surface area contributed by atoms with Crippen molar-refractivity contribution < 1.29 is 4.79 Å². The van der Waals surface area contributed by atoms with Gasteiger partial charge in [-0.15, -0.1) is 0 Å². The molecule has 0 N–H and O–H groups in total. The van der Waals surface area contributed by atoms with Crippen LogP contribution in [0.2, 0.25) is 0 Å². The third-order valence-electron chi connectivity index (χ3n) is 18.7. The molecule has 108 heavy (non-hydrogen) atoms. The number of carbonyl (C=O) groups excluding carboxylic acids is 1. The maximum absolute atomic E-state index is 12.8. The topological polar surface area (TPSA) is 30.0 Å². The number of carbonyl (C=O) groups is 1. The van der Waals surface area contributed by atoms with E-state index in [4.69, 9.17) is 0 Å². The highest BCUT2D eigenvalue weighted by atomic mass is 16.1. The molecule has 0 aliphatic rings. The minimum atomic E-state index is 0.587. The summed E-state index contributed by atoms with van der Waals surface area (Å²) in [5, 5.41) is 0. The van der Waals surface area contributed by atoms with Crippen LogP contribution in [0.15, 0.2) is 394 Å². The van der Waals surface area contributed by atoms with E-state index in [1.54, 1.807) is 0 Å². The van der Waals surface area contributed by atoms with Gasteiger partial charge in [-0.1, -0.05) is 267 Å². The van der Waals surface area contributed by atoms with Crippen LogP contribution in [0.5, 0.6) is 0 Å². The Morgan fingerprint density at radius 1 is 0.130 bits per heavy atom. The van der Waals surface area contributed by atoms with Crippen molar-refractivity contribution in [3.05, 3.63) is 467 Å². The molecule has 516 valence electrons. The minimum absolute atomic E-state index is 0.587. The predicted molar refractivity (Wildman–Crippen MR) is 463 cm³/mol. The molecule has 0 heterocycles. The molecule has 0 amide bonds. The largest absolute Gasteiger partial charge is 0.311 e. The molecule has 0 spiro atoms. The fraction of sp³-hybridized carbons (Fsp3) is 0. The van der Waals surface area contributed by atoms with Crippen molar-refractivity contribution in [3.63, 3.8) is 0 Å². The van der Waals surface area contributed by atoms with Crippen LogP contribution in [0.3, 0.4) is 0 Å². The lowest BCUT2D eigenvalue weighted by molar-refractivity contribution is 0.112. The highest BCUT2D eigenvalue weighted by molar-refractivity contribution is 5.88. The number of aldehydes is 1. The van der Waals surface area contributed by atoms with Gasteiger partial charge in [0.05, 0.1) is 0 Å². The zero-order chi connectivity index (χ0) is 72.9. The molecule has 15 aromatic carbocycles. The molecule has 0 aromatic heterocycles. The molecule has 0 aliphatic carbocycles. The molecular formula is C103H78N4O. The molecular weight excluding hydrogens is 1310 g/mol. The summed E-state index contributed by atoms with van der Waals surface area (Å²) in [5.74, 6) is 0. The highest BCUT2D eigenvalue weighted by Gasteiger charge is 2.16. The fourth-order valence-corrected chi connectivity index (χ4v) is 13.4. The Hall–Kier alpha value is -14.4. The summed E-state index contributed by atoms with van der Waals surface area (Å²) in [7, 11) is 0. The first-order chi connectivity index (χ1) is 53.4. The Labute approximate surface area is 634 Å². The Morgan fingerprint density at radius 3 is 0.389 bits per heavy atom. The van der Waals surface area contributed by atoms with Gasteiger partial charge >= 0.3 is 0 Å². The normalized spacial score (nSPS) is 11.5. The molecule has 0 saturated carbocycles. The first-order valence-corrected chi connectivity index (χ1v) is 36.4. The Morgan fingerprint density at radius 2 is 0.250 bits per heavy atom. The summed E-state index contributed by atoms with van der Waals surface area (Å²) in [4.78, 5) is 21.9. The molecule has 5 heteroatoms. The lowest BCUT2D eigenvalue weighted by Crippen LogP contribution is -2.09. The van der Waals surface area contributed by atoms with Crippen molar-refractivity contribution in [3.8, 4) is 0 Å². The maximum atomic E-state index is 12.8. The number of hydrogen-bond donors (Lipinski definition) is 0. The van der Waals surface area contributed by atoms with Crippen LogP contribution in [0.1, 0.15) is 77.1 Å². The van der Waals surface area contributed by atoms with Crippen molar-refractivity contribution in [2.75, 3.05) is 19.6 Å². The van der Waals surface area contributed by atoms with Gasteiger partial charge < -0.3 is 19.6 Å². The van der Waals surface area contributed by atoms with Gasteiger partial charge in [0, 0.05) is 73.8 Å². The summed E-state index contributed by atoms with van der Waals surface area (Å²) < 4.78 is 0. The first kappa shape index (κ1) is 69.3. The van der Waals surface area contributed by atoms with Gasteiger partial charge in [0.25, 0.3) is 0 Å². The smallest absolute Gasteiger partial charge is 0.150 e. The lowest BCUT2D eigenvalue weighted by Gasteiger charge is -2.25. The van der Waals surface area contributed by atoms with E-state index in [0.29, 0.717) is 5.56 Å². The van der Waals surface area contributed by atoms with E-state index >= 15 is 0 Å². The van der Waals surface area contributed by atoms with E-state index in [-0.39, 0.29) is 0 Å². The summed E-state index contributed by atoms with van der Waals surface area (Å²) >= 11 is 0. The van der Waals surface area contributed by atoms with Crippen molar-refractivity contribution in [1.29, 1.82) is 0 Å². The van der Waals surface area contributed by atoms with Gasteiger partial charge in [-0.2, -0.15) is 0 Å². The summed E-state index contributed by atoms with van der Waals surface area (Å²) in [6.45, 7) is 0. The van der Waals surface area contributed by atoms with E-state index in [0.717, 1.165) is 141 Å². The van der Waals surface area contributed by atoms with Crippen molar-refractivity contribution >= 4 is 147 Å². The maximum Gasteiger partial charge on any atom is 0.150 e. The predicted octanol–water partition coefficient (Wildman–Crippen LogP) is 28.4.